The molecule has 0 spiro atoms. The van der Waals surface area contributed by atoms with Gasteiger partial charge in [-0.3, -0.25) is 14.2 Å². The van der Waals surface area contributed by atoms with Gasteiger partial charge >= 0.3 is 0 Å². The normalized spacial score (nSPS) is 15.4. The molecule has 2 amide bonds. The third-order valence-corrected chi connectivity index (χ3v) is 8.56. The first kappa shape index (κ1) is 28.3. The van der Waals surface area contributed by atoms with E-state index < -0.39 is 0 Å². The SMILES string of the molecule is CC1CN(C(=O)CCCSc2nnc(Cc3ccccc3)n2-c2ccc(Cl)c(Cl)c2)CCN1C(=O)c1ccco1. The van der Waals surface area contributed by atoms with Crippen molar-refractivity contribution >= 4 is 46.8 Å². The maximum atomic E-state index is 13.0. The van der Waals surface area contributed by atoms with Crippen LogP contribution in [0.2, 0.25) is 10.0 Å². The molecule has 2 aromatic carbocycles. The molecule has 5 rings (SSSR count). The van der Waals surface area contributed by atoms with Crippen molar-refractivity contribution in [2.75, 3.05) is 25.4 Å². The molecule has 0 aliphatic carbocycles. The number of nitrogens with zero attached hydrogens (tertiary/aromatic N) is 5. The second-order valence-electron chi connectivity index (χ2n) is 9.61. The molecule has 40 heavy (non-hydrogen) atoms. The molecule has 1 aliphatic rings. The molecule has 0 radical (unpaired) electrons. The van der Waals surface area contributed by atoms with Gasteiger partial charge in [0, 0.05) is 44.3 Å². The average Bonchev–Trinajstić information content (AvgIpc) is 3.63. The molecule has 2 aromatic heterocycles. The van der Waals surface area contributed by atoms with Crippen molar-refractivity contribution in [3.8, 4) is 5.69 Å². The van der Waals surface area contributed by atoms with Crippen LogP contribution in [-0.2, 0) is 11.2 Å². The number of piperazine rings is 1. The Bertz CT molecular complexity index is 1460. The third kappa shape index (κ3) is 6.54. The molecular weight excluding hydrogens is 569 g/mol. The van der Waals surface area contributed by atoms with E-state index in [1.165, 1.54) is 6.26 Å². The predicted molar refractivity (Wildman–Crippen MR) is 156 cm³/mol. The van der Waals surface area contributed by atoms with Crippen molar-refractivity contribution in [1.29, 1.82) is 0 Å². The summed E-state index contributed by atoms with van der Waals surface area (Å²) in [5.74, 6) is 1.76. The minimum atomic E-state index is -0.140. The van der Waals surface area contributed by atoms with Crippen LogP contribution in [0.3, 0.4) is 0 Å². The zero-order valence-electron chi connectivity index (χ0n) is 22.0. The molecule has 1 unspecified atom stereocenters. The Kier molecular flexibility index (Phi) is 9.14. The number of carbonyl (C=O) groups excluding carboxylic acids is 2. The Morgan fingerprint density at radius 2 is 1.85 bits per heavy atom. The number of benzene rings is 2. The van der Waals surface area contributed by atoms with Gasteiger partial charge in [0.2, 0.25) is 5.91 Å². The molecule has 3 heterocycles. The molecule has 1 aliphatic heterocycles. The van der Waals surface area contributed by atoms with E-state index in [2.05, 4.69) is 22.3 Å². The zero-order chi connectivity index (χ0) is 28.1. The van der Waals surface area contributed by atoms with E-state index in [0.29, 0.717) is 60.5 Å². The summed E-state index contributed by atoms with van der Waals surface area (Å²) < 4.78 is 7.25. The number of thioether (sulfide) groups is 1. The number of furan rings is 1. The van der Waals surface area contributed by atoms with Crippen molar-refractivity contribution in [1.82, 2.24) is 24.6 Å². The van der Waals surface area contributed by atoms with E-state index >= 15 is 0 Å². The molecule has 4 aromatic rings. The van der Waals surface area contributed by atoms with Gasteiger partial charge in [-0.25, -0.2) is 0 Å². The van der Waals surface area contributed by atoms with Crippen LogP contribution >= 0.6 is 35.0 Å². The highest BCUT2D eigenvalue weighted by molar-refractivity contribution is 7.99. The van der Waals surface area contributed by atoms with Gasteiger partial charge in [-0.05, 0) is 49.2 Å². The second-order valence-corrected chi connectivity index (χ2v) is 11.5. The van der Waals surface area contributed by atoms with Gasteiger partial charge in [0.05, 0.1) is 22.0 Å². The van der Waals surface area contributed by atoms with Crippen LogP contribution in [0.1, 0.15) is 41.7 Å². The number of carbonyl (C=O) groups is 2. The van der Waals surface area contributed by atoms with Gasteiger partial charge in [-0.1, -0.05) is 65.3 Å². The summed E-state index contributed by atoms with van der Waals surface area (Å²) in [5.41, 5.74) is 1.96. The topological polar surface area (TPSA) is 84.5 Å². The fourth-order valence-corrected chi connectivity index (χ4v) is 5.94. The smallest absolute Gasteiger partial charge is 0.289 e. The highest BCUT2D eigenvalue weighted by Gasteiger charge is 2.31. The van der Waals surface area contributed by atoms with Crippen LogP contribution < -0.4 is 0 Å². The van der Waals surface area contributed by atoms with E-state index in [0.717, 1.165) is 22.2 Å². The first-order valence-corrected chi connectivity index (χ1v) is 14.8. The van der Waals surface area contributed by atoms with E-state index in [-0.39, 0.29) is 17.9 Å². The summed E-state index contributed by atoms with van der Waals surface area (Å²) in [6.45, 7) is 3.46. The second kappa shape index (κ2) is 12.9. The van der Waals surface area contributed by atoms with E-state index in [1.807, 2.05) is 46.7 Å². The first-order chi connectivity index (χ1) is 19.4. The molecule has 1 fully saturated rings. The standard InChI is InChI=1S/C29H29Cl2N5O3S/c1-20-19-34(13-14-35(20)28(38)25-9-5-15-39-25)27(37)10-6-16-40-29-33-32-26(17-21-7-3-2-4-8-21)36(29)22-11-12-23(30)24(31)18-22/h2-5,7-9,11-12,15,18,20H,6,10,13-14,16-17,19H2,1H3. The van der Waals surface area contributed by atoms with Crippen LogP contribution in [0.25, 0.3) is 5.69 Å². The number of aromatic nitrogens is 3. The summed E-state index contributed by atoms with van der Waals surface area (Å²) in [6.07, 6.45) is 3.21. The number of hydrogen-bond donors (Lipinski definition) is 0. The molecule has 1 saturated heterocycles. The van der Waals surface area contributed by atoms with Crippen molar-refractivity contribution in [3.05, 3.63) is 94.1 Å². The van der Waals surface area contributed by atoms with Crippen molar-refractivity contribution in [3.63, 3.8) is 0 Å². The van der Waals surface area contributed by atoms with E-state index in [9.17, 15) is 9.59 Å². The summed E-state index contributed by atoms with van der Waals surface area (Å²) in [5, 5.41) is 10.6. The molecule has 0 bridgehead atoms. The zero-order valence-corrected chi connectivity index (χ0v) is 24.3. The minimum Gasteiger partial charge on any atom is -0.459 e. The summed E-state index contributed by atoms with van der Waals surface area (Å²) in [7, 11) is 0. The van der Waals surface area contributed by atoms with Gasteiger partial charge in [-0.2, -0.15) is 0 Å². The van der Waals surface area contributed by atoms with Crippen molar-refractivity contribution in [2.45, 2.75) is 37.4 Å². The number of hydrogen-bond acceptors (Lipinski definition) is 6. The van der Waals surface area contributed by atoms with Crippen LogP contribution in [-0.4, -0.2) is 67.8 Å². The minimum absolute atomic E-state index is 0.0857. The summed E-state index contributed by atoms with van der Waals surface area (Å²) in [6, 6.07) is 18.8. The van der Waals surface area contributed by atoms with Crippen LogP contribution in [0.5, 0.6) is 0 Å². The fraction of sp³-hybridized carbons (Fsp3) is 0.310. The lowest BCUT2D eigenvalue weighted by Gasteiger charge is -2.39. The molecule has 0 N–H and O–H groups in total. The Morgan fingerprint density at radius 3 is 2.58 bits per heavy atom. The van der Waals surface area contributed by atoms with Crippen LogP contribution in [0.4, 0.5) is 0 Å². The van der Waals surface area contributed by atoms with Crippen LogP contribution in [0.15, 0.2) is 76.5 Å². The van der Waals surface area contributed by atoms with Crippen molar-refractivity contribution < 1.29 is 14.0 Å². The lowest BCUT2D eigenvalue weighted by atomic mass is 10.1. The monoisotopic (exact) mass is 597 g/mol. The Hall–Kier alpha value is -3.27. The summed E-state index contributed by atoms with van der Waals surface area (Å²) in [4.78, 5) is 29.2. The first-order valence-electron chi connectivity index (χ1n) is 13.1. The highest BCUT2D eigenvalue weighted by atomic mass is 35.5. The van der Waals surface area contributed by atoms with Gasteiger partial charge in [-0.15, -0.1) is 10.2 Å². The molecule has 8 nitrogen and oxygen atoms in total. The van der Waals surface area contributed by atoms with Gasteiger partial charge in [0.25, 0.3) is 5.91 Å². The largest absolute Gasteiger partial charge is 0.459 e. The fourth-order valence-electron chi connectivity index (χ4n) is 4.74. The third-order valence-electron chi connectivity index (χ3n) is 6.81. The number of rotatable bonds is 9. The van der Waals surface area contributed by atoms with E-state index in [4.69, 9.17) is 27.6 Å². The molecule has 1 atom stereocenters. The van der Waals surface area contributed by atoms with Crippen molar-refractivity contribution in [2.24, 2.45) is 0 Å². The molecular formula is C29H29Cl2N5O3S. The quantitative estimate of drug-likeness (QED) is 0.174. The molecule has 11 heteroatoms. The number of halogens is 2. The van der Waals surface area contributed by atoms with Gasteiger partial charge in [0.15, 0.2) is 10.9 Å². The Balaban J connectivity index is 1.19. The van der Waals surface area contributed by atoms with Crippen LogP contribution in [0, 0.1) is 0 Å². The molecule has 0 saturated carbocycles. The average molecular weight is 599 g/mol. The summed E-state index contributed by atoms with van der Waals surface area (Å²) >= 11 is 14.1. The van der Waals surface area contributed by atoms with Gasteiger partial charge < -0.3 is 14.2 Å². The highest BCUT2D eigenvalue weighted by Crippen LogP contribution is 2.29. The van der Waals surface area contributed by atoms with Gasteiger partial charge in [0.1, 0.15) is 5.82 Å². The predicted octanol–water partition coefficient (Wildman–Crippen LogP) is 6.00. The maximum Gasteiger partial charge on any atom is 0.289 e. The maximum absolute atomic E-state index is 13.0. The number of amides is 2. The Labute approximate surface area is 247 Å². The molecule has 208 valence electrons. The lowest BCUT2D eigenvalue weighted by Crippen LogP contribution is -2.55. The van der Waals surface area contributed by atoms with E-state index in [1.54, 1.807) is 34.9 Å². The lowest BCUT2D eigenvalue weighted by molar-refractivity contribution is -0.133. The Morgan fingerprint density at radius 1 is 1.02 bits per heavy atom.